The van der Waals surface area contributed by atoms with Crippen LogP contribution in [0.1, 0.15) is 85.6 Å². The number of rotatable bonds is 16. The van der Waals surface area contributed by atoms with Gasteiger partial charge < -0.3 is 0 Å². The van der Waals surface area contributed by atoms with E-state index in [1.54, 1.807) is 0 Å². The minimum atomic E-state index is -2.78. The summed E-state index contributed by atoms with van der Waals surface area (Å²) in [6.07, 6.45) is 10.5. The van der Waals surface area contributed by atoms with Gasteiger partial charge in [-0.15, -0.1) is 0 Å². The van der Waals surface area contributed by atoms with Crippen molar-refractivity contribution >= 4 is 24.2 Å². The van der Waals surface area contributed by atoms with E-state index in [0.717, 1.165) is 12.0 Å². The fraction of sp³-hybridized carbons (Fsp3) is 0.500. The number of unbranched alkanes of at least 4 members (excludes halogenated alkanes) is 3. The first-order valence-electron chi connectivity index (χ1n) is 12.9. The first-order chi connectivity index (χ1) is 15.6. The van der Waals surface area contributed by atoms with Gasteiger partial charge in [0.25, 0.3) is 0 Å². The van der Waals surface area contributed by atoms with Crippen molar-refractivity contribution in [1.29, 1.82) is 0 Å². The average Bonchev–Trinajstić information content (AvgIpc) is 2.85. The van der Waals surface area contributed by atoms with Crippen molar-refractivity contribution in [2.45, 2.75) is 83.0 Å². The fourth-order valence-electron chi connectivity index (χ4n) is 5.49. The van der Waals surface area contributed by atoms with Crippen molar-refractivity contribution < 1.29 is 4.79 Å². The molecule has 0 fully saturated rings. The van der Waals surface area contributed by atoms with Crippen molar-refractivity contribution in [1.82, 2.24) is 0 Å². The second-order valence-corrected chi connectivity index (χ2v) is 23.3. The molecule has 0 amide bonds. The molecule has 2 rings (SSSR count). The Bertz CT molecular complexity index is 761. The number of ketones is 1. The van der Waals surface area contributed by atoms with Gasteiger partial charge in [-0.2, -0.15) is 0 Å². The summed E-state index contributed by atoms with van der Waals surface area (Å²) in [5.74, 6) is 0.337. The van der Waals surface area contributed by atoms with E-state index in [-0.39, 0.29) is 5.92 Å². The predicted octanol–water partition coefficient (Wildman–Crippen LogP) is 9.23. The predicted molar refractivity (Wildman–Crippen MR) is 143 cm³/mol. The summed E-state index contributed by atoms with van der Waals surface area (Å²) >= 11 is -2.78. The number of benzene rings is 2. The molecule has 0 aliphatic rings. The molecule has 174 valence electrons. The van der Waals surface area contributed by atoms with Crippen LogP contribution in [-0.4, -0.2) is 24.2 Å². The summed E-state index contributed by atoms with van der Waals surface area (Å²) in [6.45, 7) is 11.1. The SMILES string of the molecule is C=CC[C@H](C(=O)c1ccccc1)[C@H](c1ccccc1)[Sn]([CH2]CCC)([CH2]CCC)[CH2]CCC. The second kappa shape index (κ2) is 14.7. The van der Waals surface area contributed by atoms with Crippen LogP contribution >= 0.6 is 0 Å². The van der Waals surface area contributed by atoms with Gasteiger partial charge in [-0.1, -0.05) is 0 Å². The van der Waals surface area contributed by atoms with Gasteiger partial charge in [-0.3, -0.25) is 0 Å². The summed E-state index contributed by atoms with van der Waals surface area (Å²) in [5, 5.41) is 0. The molecular formula is C30H44OSn. The number of hydrogen-bond acceptors (Lipinski definition) is 1. The molecule has 2 aromatic rings. The van der Waals surface area contributed by atoms with E-state index < -0.39 is 18.4 Å². The maximum absolute atomic E-state index is 14.0. The Kier molecular flexibility index (Phi) is 12.4. The van der Waals surface area contributed by atoms with Crippen LogP contribution in [0, 0.1) is 5.92 Å². The first-order valence-corrected chi connectivity index (χ1v) is 20.6. The third-order valence-electron chi connectivity index (χ3n) is 7.12. The van der Waals surface area contributed by atoms with Gasteiger partial charge >= 0.3 is 202 Å². The number of carbonyl (C=O) groups is 1. The first kappa shape index (κ1) is 26.9. The normalized spacial score (nSPS) is 13.5. The summed E-state index contributed by atoms with van der Waals surface area (Å²) in [4.78, 5) is 14.0. The molecule has 0 radical (unpaired) electrons. The van der Waals surface area contributed by atoms with E-state index >= 15 is 0 Å². The van der Waals surface area contributed by atoms with Crippen LogP contribution in [0.5, 0.6) is 0 Å². The monoisotopic (exact) mass is 540 g/mol. The molecule has 0 aromatic heterocycles. The average molecular weight is 539 g/mol. The molecule has 0 bridgehead atoms. The quantitative estimate of drug-likeness (QED) is 0.118. The molecule has 0 aliphatic carbocycles. The van der Waals surface area contributed by atoms with E-state index in [4.69, 9.17) is 0 Å². The van der Waals surface area contributed by atoms with Crippen LogP contribution in [0.2, 0.25) is 13.3 Å². The third-order valence-corrected chi connectivity index (χ3v) is 24.5. The Balaban J connectivity index is 2.66. The molecule has 32 heavy (non-hydrogen) atoms. The Labute approximate surface area is 201 Å². The molecule has 0 aliphatic heterocycles. The van der Waals surface area contributed by atoms with Crippen LogP contribution in [-0.2, 0) is 0 Å². The van der Waals surface area contributed by atoms with Crippen molar-refractivity contribution in [3.8, 4) is 0 Å². The van der Waals surface area contributed by atoms with Crippen molar-refractivity contribution in [3.05, 3.63) is 84.4 Å². The summed E-state index contributed by atoms with van der Waals surface area (Å²) in [6, 6.07) is 21.1. The number of carbonyl (C=O) groups excluding carboxylic acids is 1. The molecule has 0 saturated carbocycles. The molecule has 0 saturated heterocycles. The zero-order chi connectivity index (χ0) is 23.2. The van der Waals surface area contributed by atoms with Crippen molar-refractivity contribution in [2.24, 2.45) is 5.92 Å². The number of Topliss-reactive ketones (excluding diaryl/α,β-unsaturated/α-hetero) is 1. The number of allylic oxidation sites excluding steroid dienone is 1. The van der Waals surface area contributed by atoms with Gasteiger partial charge in [0.2, 0.25) is 0 Å². The topological polar surface area (TPSA) is 17.1 Å². The molecule has 2 aromatic carbocycles. The van der Waals surface area contributed by atoms with Crippen molar-refractivity contribution in [3.63, 3.8) is 0 Å². The van der Waals surface area contributed by atoms with Gasteiger partial charge in [-0.05, 0) is 0 Å². The maximum atomic E-state index is 14.0. The molecule has 0 unspecified atom stereocenters. The van der Waals surface area contributed by atoms with E-state index in [1.165, 1.54) is 57.4 Å². The van der Waals surface area contributed by atoms with Crippen molar-refractivity contribution in [2.75, 3.05) is 0 Å². The fourth-order valence-corrected chi connectivity index (χ4v) is 25.2. The number of hydrogen-bond donors (Lipinski definition) is 0. The Morgan fingerprint density at radius 2 is 1.28 bits per heavy atom. The van der Waals surface area contributed by atoms with Gasteiger partial charge in [-0.25, -0.2) is 0 Å². The zero-order valence-corrected chi connectivity index (χ0v) is 23.5. The molecule has 2 heteroatoms. The van der Waals surface area contributed by atoms with E-state index in [9.17, 15) is 4.79 Å². The van der Waals surface area contributed by atoms with Crippen LogP contribution in [0.4, 0.5) is 0 Å². The third kappa shape index (κ3) is 7.33. The van der Waals surface area contributed by atoms with Crippen LogP contribution < -0.4 is 0 Å². The second-order valence-electron chi connectivity index (χ2n) is 9.42. The molecule has 0 heterocycles. The van der Waals surface area contributed by atoms with Crippen LogP contribution in [0.15, 0.2) is 73.3 Å². The van der Waals surface area contributed by atoms with Gasteiger partial charge in [0.05, 0.1) is 0 Å². The zero-order valence-electron chi connectivity index (χ0n) is 20.7. The van der Waals surface area contributed by atoms with E-state index in [2.05, 4.69) is 57.7 Å². The van der Waals surface area contributed by atoms with Crippen LogP contribution in [0.25, 0.3) is 0 Å². The van der Waals surface area contributed by atoms with Gasteiger partial charge in [0, 0.05) is 0 Å². The summed E-state index contributed by atoms with van der Waals surface area (Å²) in [5.41, 5.74) is 2.28. The van der Waals surface area contributed by atoms with Gasteiger partial charge in [0.15, 0.2) is 0 Å². The van der Waals surface area contributed by atoms with Gasteiger partial charge in [0.1, 0.15) is 0 Å². The molecule has 2 atom stereocenters. The summed E-state index contributed by atoms with van der Waals surface area (Å²) in [7, 11) is 0. The van der Waals surface area contributed by atoms with E-state index in [0.29, 0.717) is 9.72 Å². The Hall–Kier alpha value is -1.35. The Morgan fingerprint density at radius 1 is 0.812 bits per heavy atom. The van der Waals surface area contributed by atoms with Crippen LogP contribution in [0.3, 0.4) is 0 Å². The minimum absolute atomic E-state index is 0.0127. The molecule has 0 N–H and O–H groups in total. The van der Waals surface area contributed by atoms with E-state index in [1.807, 2.05) is 36.4 Å². The molecular weight excluding hydrogens is 495 g/mol. The summed E-state index contributed by atoms with van der Waals surface area (Å²) < 4.78 is 4.63. The standard InChI is InChI=1S/C18H17O.3C4H9.Sn/c1-2-9-17(14-15-10-5-3-6-11-15)18(19)16-12-7-4-8-13-16;3*1-3-4-2;/h2-8,10-14,17H,1,9H2;3*1,3-4H2,2H3;/t17-;;;;/m0..../s1. The Morgan fingerprint density at radius 3 is 1.72 bits per heavy atom. The molecule has 1 nitrogen and oxygen atoms in total. The molecule has 0 spiro atoms.